The summed E-state index contributed by atoms with van der Waals surface area (Å²) in [5, 5.41) is 11.9. The summed E-state index contributed by atoms with van der Waals surface area (Å²) in [5.74, 6) is 0.428. The molecule has 1 aliphatic rings. The number of oxime groups is 1. The zero-order valence-electron chi connectivity index (χ0n) is 11.9. The van der Waals surface area contributed by atoms with Crippen molar-refractivity contribution in [1.82, 2.24) is 4.90 Å². The quantitative estimate of drug-likeness (QED) is 0.250. The summed E-state index contributed by atoms with van der Waals surface area (Å²) < 4.78 is 5.22. The van der Waals surface area contributed by atoms with Crippen molar-refractivity contribution < 1.29 is 14.7 Å². The molecule has 0 bridgehead atoms. The van der Waals surface area contributed by atoms with E-state index in [1.54, 1.807) is 0 Å². The molecule has 0 aliphatic carbocycles. The average molecular weight is 271 g/mol. The van der Waals surface area contributed by atoms with E-state index in [1.165, 1.54) is 0 Å². The molecule has 6 heteroatoms. The van der Waals surface area contributed by atoms with E-state index in [0.717, 1.165) is 19.3 Å². The molecule has 110 valence electrons. The molecular formula is C13H25N3O3. The van der Waals surface area contributed by atoms with Crippen LogP contribution in [0.25, 0.3) is 0 Å². The van der Waals surface area contributed by atoms with Gasteiger partial charge in [0, 0.05) is 38.1 Å². The molecule has 0 aromatic carbocycles. The standard InChI is InChI=1S/C13H25N3O3/c1-3-19-10-4-5-11(17)16-8-6-13(2,7-9-16)12(14)15-18/h18H,3-10H2,1-2H3,(H2,14,15). The Morgan fingerprint density at radius 1 is 1.47 bits per heavy atom. The van der Waals surface area contributed by atoms with Crippen molar-refractivity contribution in [3.05, 3.63) is 0 Å². The first-order valence-electron chi connectivity index (χ1n) is 6.87. The minimum atomic E-state index is -0.295. The van der Waals surface area contributed by atoms with Gasteiger partial charge in [-0.1, -0.05) is 12.1 Å². The van der Waals surface area contributed by atoms with Crippen LogP contribution in [0.3, 0.4) is 0 Å². The highest BCUT2D eigenvalue weighted by molar-refractivity contribution is 5.86. The van der Waals surface area contributed by atoms with Crippen molar-refractivity contribution in [1.29, 1.82) is 0 Å². The molecule has 1 saturated heterocycles. The summed E-state index contributed by atoms with van der Waals surface area (Å²) >= 11 is 0. The van der Waals surface area contributed by atoms with Crippen LogP contribution in [0.1, 0.15) is 39.5 Å². The molecule has 1 heterocycles. The van der Waals surface area contributed by atoms with Crippen molar-refractivity contribution in [2.75, 3.05) is 26.3 Å². The second-order valence-electron chi connectivity index (χ2n) is 5.23. The van der Waals surface area contributed by atoms with Crippen molar-refractivity contribution >= 4 is 11.7 Å². The van der Waals surface area contributed by atoms with Gasteiger partial charge in [-0.2, -0.15) is 0 Å². The number of nitrogens with two attached hydrogens (primary N) is 1. The Morgan fingerprint density at radius 2 is 2.11 bits per heavy atom. The van der Waals surface area contributed by atoms with E-state index in [4.69, 9.17) is 15.7 Å². The maximum Gasteiger partial charge on any atom is 0.222 e. The minimum absolute atomic E-state index is 0.168. The minimum Gasteiger partial charge on any atom is -0.409 e. The van der Waals surface area contributed by atoms with E-state index in [9.17, 15) is 4.79 Å². The van der Waals surface area contributed by atoms with Gasteiger partial charge in [-0.25, -0.2) is 0 Å². The largest absolute Gasteiger partial charge is 0.409 e. The Morgan fingerprint density at radius 3 is 2.63 bits per heavy atom. The topological polar surface area (TPSA) is 88.2 Å². The first-order valence-corrected chi connectivity index (χ1v) is 6.87. The van der Waals surface area contributed by atoms with Gasteiger partial charge in [0.1, 0.15) is 5.84 Å². The summed E-state index contributed by atoms with van der Waals surface area (Å²) in [4.78, 5) is 13.8. The Bertz CT molecular complexity index is 323. The molecule has 1 amide bonds. The Labute approximate surface area is 114 Å². The molecule has 0 atom stereocenters. The first-order chi connectivity index (χ1) is 9.03. The van der Waals surface area contributed by atoms with E-state index in [-0.39, 0.29) is 17.2 Å². The van der Waals surface area contributed by atoms with Crippen LogP contribution < -0.4 is 5.73 Å². The molecule has 1 rings (SSSR count). The molecule has 0 spiro atoms. The number of amides is 1. The number of ether oxygens (including phenoxy) is 1. The van der Waals surface area contributed by atoms with Gasteiger partial charge in [0.15, 0.2) is 0 Å². The number of carbonyl (C=O) groups excluding carboxylic acids is 1. The first kappa shape index (κ1) is 15.8. The zero-order chi connectivity index (χ0) is 14.3. The number of hydrogen-bond donors (Lipinski definition) is 2. The van der Waals surface area contributed by atoms with Gasteiger partial charge in [-0.15, -0.1) is 0 Å². The fourth-order valence-electron chi connectivity index (χ4n) is 2.25. The molecule has 0 aromatic rings. The number of rotatable bonds is 6. The fourth-order valence-corrected chi connectivity index (χ4v) is 2.25. The monoisotopic (exact) mass is 271 g/mol. The maximum absolute atomic E-state index is 12.0. The van der Waals surface area contributed by atoms with Crippen molar-refractivity contribution in [3.63, 3.8) is 0 Å². The summed E-state index contributed by atoms with van der Waals surface area (Å²) in [6, 6.07) is 0. The van der Waals surface area contributed by atoms with Gasteiger partial charge >= 0.3 is 0 Å². The fraction of sp³-hybridized carbons (Fsp3) is 0.846. The molecular weight excluding hydrogens is 246 g/mol. The number of likely N-dealkylation sites (tertiary alicyclic amines) is 1. The number of amidine groups is 1. The number of hydrogen-bond acceptors (Lipinski definition) is 4. The molecule has 0 saturated carbocycles. The van der Waals surface area contributed by atoms with Gasteiger partial charge in [0.2, 0.25) is 5.91 Å². The van der Waals surface area contributed by atoms with Crippen LogP contribution in [0.15, 0.2) is 5.16 Å². The summed E-state index contributed by atoms with van der Waals surface area (Å²) in [5.41, 5.74) is 5.40. The third kappa shape index (κ3) is 4.38. The highest BCUT2D eigenvalue weighted by Crippen LogP contribution is 2.31. The molecule has 1 aliphatic heterocycles. The van der Waals surface area contributed by atoms with Crippen LogP contribution in [-0.2, 0) is 9.53 Å². The van der Waals surface area contributed by atoms with Crippen molar-refractivity contribution in [2.24, 2.45) is 16.3 Å². The van der Waals surface area contributed by atoms with Crippen LogP contribution in [0, 0.1) is 5.41 Å². The third-order valence-corrected chi connectivity index (χ3v) is 3.83. The molecule has 3 N–H and O–H groups in total. The van der Waals surface area contributed by atoms with E-state index >= 15 is 0 Å². The third-order valence-electron chi connectivity index (χ3n) is 3.83. The van der Waals surface area contributed by atoms with E-state index < -0.39 is 0 Å². The number of carbonyl (C=O) groups is 1. The van der Waals surface area contributed by atoms with Crippen LogP contribution in [0.5, 0.6) is 0 Å². The lowest BCUT2D eigenvalue weighted by molar-refractivity contribution is -0.133. The van der Waals surface area contributed by atoms with Gasteiger partial charge < -0.3 is 20.6 Å². The molecule has 0 radical (unpaired) electrons. The van der Waals surface area contributed by atoms with Crippen molar-refractivity contribution in [3.8, 4) is 0 Å². The molecule has 0 aromatic heterocycles. The molecule has 6 nitrogen and oxygen atoms in total. The zero-order valence-corrected chi connectivity index (χ0v) is 11.9. The van der Waals surface area contributed by atoms with Gasteiger partial charge in [0.05, 0.1) is 0 Å². The highest BCUT2D eigenvalue weighted by Gasteiger charge is 2.35. The lowest BCUT2D eigenvalue weighted by Crippen LogP contribution is -2.47. The predicted molar refractivity (Wildman–Crippen MR) is 73.1 cm³/mol. The van der Waals surface area contributed by atoms with Gasteiger partial charge in [-0.3, -0.25) is 4.79 Å². The normalized spacial score (nSPS) is 19.5. The second-order valence-corrected chi connectivity index (χ2v) is 5.23. The SMILES string of the molecule is CCOCCCC(=O)N1CCC(C)(C(N)=NO)CC1. The Balaban J connectivity index is 2.35. The van der Waals surface area contributed by atoms with Gasteiger partial charge in [-0.05, 0) is 26.2 Å². The Kier molecular flexibility index (Phi) is 6.08. The summed E-state index contributed by atoms with van der Waals surface area (Å²) in [6.07, 6.45) is 2.77. The second kappa shape index (κ2) is 7.33. The van der Waals surface area contributed by atoms with Crippen LogP contribution in [0.2, 0.25) is 0 Å². The number of piperidine rings is 1. The van der Waals surface area contributed by atoms with Crippen LogP contribution >= 0.6 is 0 Å². The van der Waals surface area contributed by atoms with Crippen molar-refractivity contribution in [2.45, 2.75) is 39.5 Å². The van der Waals surface area contributed by atoms with Gasteiger partial charge in [0.25, 0.3) is 0 Å². The average Bonchev–Trinajstić information content (AvgIpc) is 2.43. The van der Waals surface area contributed by atoms with E-state index in [0.29, 0.717) is 32.7 Å². The lowest BCUT2D eigenvalue weighted by Gasteiger charge is -2.38. The molecule has 1 fully saturated rings. The number of nitrogens with zero attached hydrogens (tertiary/aromatic N) is 2. The molecule has 0 unspecified atom stereocenters. The van der Waals surface area contributed by atoms with E-state index in [1.807, 2.05) is 18.7 Å². The molecule has 19 heavy (non-hydrogen) atoms. The summed E-state index contributed by atoms with van der Waals surface area (Å²) in [7, 11) is 0. The summed E-state index contributed by atoms with van der Waals surface area (Å²) in [6.45, 7) is 6.58. The smallest absolute Gasteiger partial charge is 0.222 e. The Hall–Kier alpha value is -1.30. The van der Waals surface area contributed by atoms with Crippen LogP contribution in [0.4, 0.5) is 0 Å². The van der Waals surface area contributed by atoms with Crippen LogP contribution in [-0.4, -0.2) is 48.2 Å². The lowest BCUT2D eigenvalue weighted by atomic mass is 9.79. The highest BCUT2D eigenvalue weighted by atomic mass is 16.5. The van der Waals surface area contributed by atoms with E-state index in [2.05, 4.69) is 5.16 Å². The maximum atomic E-state index is 12.0. The predicted octanol–water partition coefficient (Wildman–Crippen LogP) is 1.18.